The van der Waals surface area contributed by atoms with E-state index in [0.717, 1.165) is 22.3 Å². The van der Waals surface area contributed by atoms with Gasteiger partial charge in [0.15, 0.2) is 5.78 Å². The summed E-state index contributed by atoms with van der Waals surface area (Å²) in [6, 6.07) is 3.91. The molecular formula is C13H14O3. The number of ether oxygens (including phenoxy) is 1. The second-order valence-electron chi connectivity index (χ2n) is 4.20. The van der Waals surface area contributed by atoms with Crippen molar-refractivity contribution in [3.63, 3.8) is 0 Å². The lowest BCUT2D eigenvalue weighted by Gasteiger charge is -2.04. The van der Waals surface area contributed by atoms with Gasteiger partial charge in [-0.3, -0.25) is 9.59 Å². The summed E-state index contributed by atoms with van der Waals surface area (Å²) < 4.78 is 4.66. The maximum Gasteiger partial charge on any atom is 0.316 e. The van der Waals surface area contributed by atoms with Gasteiger partial charge in [0.25, 0.3) is 0 Å². The first kappa shape index (κ1) is 10.9. The van der Waals surface area contributed by atoms with Crippen molar-refractivity contribution >= 4 is 11.8 Å². The van der Waals surface area contributed by atoms with Gasteiger partial charge in [-0.05, 0) is 37.0 Å². The van der Waals surface area contributed by atoms with Crippen LogP contribution in [0.5, 0.6) is 0 Å². The third-order valence-electron chi connectivity index (χ3n) is 3.21. The molecule has 1 aromatic rings. The number of esters is 1. The van der Waals surface area contributed by atoms with Crippen LogP contribution in [0.15, 0.2) is 12.1 Å². The van der Waals surface area contributed by atoms with E-state index < -0.39 is 11.9 Å². The molecule has 3 heteroatoms. The Morgan fingerprint density at radius 1 is 1.31 bits per heavy atom. The van der Waals surface area contributed by atoms with Gasteiger partial charge in [0.2, 0.25) is 0 Å². The van der Waals surface area contributed by atoms with Crippen molar-refractivity contribution in [2.75, 3.05) is 7.11 Å². The fourth-order valence-electron chi connectivity index (χ4n) is 2.28. The maximum absolute atomic E-state index is 12.1. The molecule has 0 aliphatic heterocycles. The Balaban J connectivity index is 2.50. The van der Waals surface area contributed by atoms with Crippen LogP contribution in [0.1, 0.15) is 27.0 Å². The molecule has 1 unspecified atom stereocenters. The average Bonchev–Trinajstić information content (AvgIpc) is 2.62. The van der Waals surface area contributed by atoms with Crippen LogP contribution < -0.4 is 0 Å². The highest BCUT2D eigenvalue weighted by molar-refractivity contribution is 6.13. The molecule has 1 aromatic carbocycles. The van der Waals surface area contributed by atoms with Crippen LogP contribution in [0, 0.1) is 19.8 Å². The largest absolute Gasteiger partial charge is 0.468 e. The molecule has 1 aliphatic rings. The number of methoxy groups -OCH3 is 1. The Hall–Kier alpha value is -1.64. The lowest BCUT2D eigenvalue weighted by molar-refractivity contribution is -0.143. The number of aryl methyl sites for hydroxylation is 2. The van der Waals surface area contributed by atoms with Crippen molar-refractivity contribution in [2.24, 2.45) is 5.92 Å². The SMILES string of the molecule is COC(=O)C1Cc2c(C)ccc(C)c2C1=O. The van der Waals surface area contributed by atoms with Crippen molar-refractivity contribution < 1.29 is 14.3 Å². The standard InChI is InChI=1S/C13H14O3/c1-7-4-5-8(2)11-9(7)6-10(12(11)14)13(15)16-3/h4-5,10H,6H2,1-3H3. The van der Waals surface area contributed by atoms with Crippen LogP contribution in [0.4, 0.5) is 0 Å². The van der Waals surface area contributed by atoms with Gasteiger partial charge in [-0.1, -0.05) is 12.1 Å². The Labute approximate surface area is 94.4 Å². The topological polar surface area (TPSA) is 43.4 Å². The lowest BCUT2D eigenvalue weighted by Crippen LogP contribution is -2.22. The smallest absolute Gasteiger partial charge is 0.316 e. The summed E-state index contributed by atoms with van der Waals surface area (Å²) in [4.78, 5) is 23.5. The van der Waals surface area contributed by atoms with Gasteiger partial charge in [0, 0.05) is 5.56 Å². The number of fused-ring (bicyclic) bond motifs is 1. The fourth-order valence-corrected chi connectivity index (χ4v) is 2.28. The molecule has 0 saturated heterocycles. The minimum atomic E-state index is -0.639. The molecule has 1 aliphatic carbocycles. The highest BCUT2D eigenvalue weighted by atomic mass is 16.5. The van der Waals surface area contributed by atoms with E-state index in [1.54, 1.807) is 0 Å². The second kappa shape index (κ2) is 3.74. The predicted molar refractivity (Wildman–Crippen MR) is 59.5 cm³/mol. The van der Waals surface area contributed by atoms with Crippen molar-refractivity contribution in [1.82, 2.24) is 0 Å². The summed E-state index contributed by atoms with van der Waals surface area (Å²) in [5.41, 5.74) is 3.73. The summed E-state index contributed by atoms with van der Waals surface area (Å²) in [6.45, 7) is 3.86. The van der Waals surface area contributed by atoms with Gasteiger partial charge in [-0.25, -0.2) is 0 Å². The highest BCUT2D eigenvalue weighted by Crippen LogP contribution is 2.32. The minimum Gasteiger partial charge on any atom is -0.468 e. The molecule has 0 saturated carbocycles. The molecule has 0 bridgehead atoms. The molecule has 0 radical (unpaired) electrons. The minimum absolute atomic E-state index is 0.0944. The molecule has 3 nitrogen and oxygen atoms in total. The molecule has 0 amide bonds. The molecule has 0 N–H and O–H groups in total. The van der Waals surface area contributed by atoms with Gasteiger partial charge < -0.3 is 4.74 Å². The van der Waals surface area contributed by atoms with E-state index in [9.17, 15) is 9.59 Å². The van der Waals surface area contributed by atoms with Gasteiger partial charge in [0.1, 0.15) is 5.92 Å². The first-order chi connectivity index (χ1) is 7.56. The number of ketones is 1. The molecule has 0 heterocycles. The van der Waals surface area contributed by atoms with Crippen molar-refractivity contribution in [2.45, 2.75) is 20.3 Å². The van der Waals surface area contributed by atoms with Gasteiger partial charge in [0.05, 0.1) is 7.11 Å². The van der Waals surface area contributed by atoms with E-state index in [4.69, 9.17) is 0 Å². The molecule has 2 rings (SSSR count). The van der Waals surface area contributed by atoms with E-state index in [0.29, 0.717) is 6.42 Å². The van der Waals surface area contributed by atoms with Crippen LogP contribution in [0.3, 0.4) is 0 Å². The van der Waals surface area contributed by atoms with Crippen LogP contribution in [-0.4, -0.2) is 18.9 Å². The van der Waals surface area contributed by atoms with Crippen LogP contribution in [0.2, 0.25) is 0 Å². The summed E-state index contributed by atoms with van der Waals surface area (Å²) in [5.74, 6) is -1.16. The molecule has 0 aromatic heterocycles. The fraction of sp³-hybridized carbons (Fsp3) is 0.385. The summed E-state index contributed by atoms with van der Waals surface area (Å²) >= 11 is 0. The van der Waals surface area contributed by atoms with Crippen molar-refractivity contribution in [3.8, 4) is 0 Å². The molecule has 1 atom stereocenters. The summed E-state index contributed by atoms with van der Waals surface area (Å²) in [7, 11) is 1.32. The Bertz CT molecular complexity index is 474. The second-order valence-corrected chi connectivity index (χ2v) is 4.20. The summed E-state index contributed by atoms with van der Waals surface area (Å²) in [6.07, 6.45) is 0.481. The Morgan fingerprint density at radius 2 is 1.94 bits per heavy atom. The number of hydrogen-bond acceptors (Lipinski definition) is 3. The van der Waals surface area contributed by atoms with E-state index in [2.05, 4.69) is 4.74 Å². The van der Waals surface area contributed by atoms with E-state index in [-0.39, 0.29) is 5.78 Å². The molecule has 0 fully saturated rings. The van der Waals surface area contributed by atoms with Crippen LogP contribution in [-0.2, 0) is 16.0 Å². The van der Waals surface area contributed by atoms with Crippen LogP contribution in [0.25, 0.3) is 0 Å². The number of hydrogen-bond donors (Lipinski definition) is 0. The zero-order valence-corrected chi connectivity index (χ0v) is 9.66. The molecule has 0 spiro atoms. The van der Waals surface area contributed by atoms with Crippen LogP contribution >= 0.6 is 0 Å². The lowest BCUT2D eigenvalue weighted by atomic mass is 10.00. The number of carbonyl (C=O) groups is 2. The summed E-state index contributed by atoms with van der Waals surface area (Å²) in [5, 5.41) is 0. The zero-order valence-electron chi connectivity index (χ0n) is 9.66. The van der Waals surface area contributed by atoms with Gasteiger partial charge >= 0.3 is 5.97 Å². The normalized spacial score (nSPS) is 18.4. The van der Waals surface area contributed by atoms with Gasteiger partial charge in [-0.2, -0.15) is 0 Å². The molecule has 16 heavy (non-hydrogen) atoms. The number of benzene rings is 1. The molecule has 84 valence electrons. The van der Waals surface area contributed by atoms with E-state index >= 15 is 0 Å². The molecular weight excluding hydrogens is 204 g/mol. The van der Waals surface area contributed by atoms with Gasteiger partial charge in [-0.15, -0.1) is 0 Å². The number of rotatable bonds is 1. The first-order valence-electron chi connectivity index (χ1n) is 5.27. The average molecular weight is 218 g/mol. The first-order valence-corrected chi connectivity index (χ1v) is 5.27. The third kappa shape index (κ3) is 1.43. The Morgan fingerprint density at radius 3 is 2.50 bits per heavy atom. The number of carbonyl (C=O) groups excluding carboxylic acids is 2. The Kier molecular flexibility index (Phi) is 2.54. The number of Topliss-reactive ketones (excluding diaryl/α,β-unsaturated/α-hetero) is 1. The quantitative estimate of drug-likeness (QED) is 0.533. The van der Waals surface area contributed by atoms with Crippen molar-refractivity contribution in [3.05, 3.63) is 34.4 Å². The van der Waals surface area contributed by atoms with Crippen molar-refractivity contribution in [1.29, 1.82) is 0 Å². The highest BCUT2D eigenvalue weighted by Gasteiger charge is 2.38. The predicted octanol–water partition coefficient (Wildman–Crippen LogP) is 1.83. The zero-order chi connectivity index (χ0) is 11.9. The van der Waals surface area contributed by atoms with E-state index in [1.165, 1.54) is 7.11 Å². The maximum atomic E-state index is 12.1. The third-order valence-corrected chi connectivity index (χ3v) is 3.21. The monoisotopic (exact) mass is 218 g/mol. The van der Waals surface area contributed by atoms with E-state index in [1.807, 2.05) is 26.0 Å².